The van der Waals surface area contributed by atoms with E-state index in [-0.39, 0.29) is 18.3 Å². The van der Waals surface area contributed by atoms with Crippen LogP contribution in [0.2, 0.25) is 0 Å². The van der Waals surface area contributed by atoms with Crippen molar-refractivity contribution in [1.29, 1.82) is 0 Å². The highest BCUT2D eigenvalue weighted by atomic mass is 16.6. The Bertz CT molecular complexity index is 359. The van der Waals surface area contributed by atoms with Gasteiger partial charge in [-0.25, -0.2) is 0 Å². The molecule has 0 aromatic heterocycles. The van der Waals surface area contributed by atoms with Crippen LogP contribution in [0.5, 0.6) is 0 Å². The van der Waals surface area contributed by atoms with Crippen LogP contribution in [-0.2, 0) is 9.53 Å². The van der Waals surface area contributed by atoms with Crippen molar-refractivity contribution < 1.29 is 24.9 Å². The number of hydrogen-bond acceptors (Lipinski definition) is 5. The summed E-state index contributed by atoms with van der Waals surface area (Å²) in [6.45, 7) is 3.93. The lowest BCUT2D eigenvalue weighted by Gasteiger charge is -2.37. The van der Waals surface area contributed by atoms with Crippen molar-refractivity contribution in [3.8, 4) is 0 Å². The van der Waals surface area contributed by atoms with Gasteiger partial charge in [-0.3, -0.25) is 4.79 Å². The fourth-order valence-corrected chi connectivity index (χ4v) is 4.01. The van der Waals surface area contributed by atoms with Crippen LogP contribution in [0.25, 0.3) is 0 Å². The van der Waals surface area contributed by atoms with Gasteiger partial charge in [0.25, 0.3) is 0 Å². The summed E-state index contributed by atoms with van der Waals surface area (Å²) in [4.78, 5) is 12.4. The van der Waals surface area contributed by atoms with Crippen LogP contribution in [0.3, 0.4) is 0 Å². The molecule has 0 aromatic carbocycles. The Morgan fingerprint density at radius 3 is 2.43 bits per heavy atom. The van der Waals surface area contributed by atoms with E-state index in [4.69, 9.17) is 9.84 Å². The lowest BCUT2D eigenvalue weighted by atomic mass is 9.68. The van der Waals surface area contributed by atoms with E-state index in [1.165, 1.54) is 0 Å². The van der Waals surface area contributed by atoms with E-state index in [1.807, 2.05) is 0 Å². The molecule has 5 nitrogen and oxygen atoms in total. The predicted octanol–water partition coefficient (Wildman–Crippen LogP) is 0.889. The van der Waals surface area contributed by atoms with E-state index in [1.54, 1.807) is 0 Å². The minimum absolute atomic E-state index is 0.132. The zero-order valence-electron chi connectivity index (χ0n) is 12.9. The molecule has 21 heavy (non-hydrogen) atoms. The van der Waals surface area contributed by atoms with Crippen LogP contribution in [0.4, 0.5) is 0 Å². The number of aliphatic hydroxyl groups excluding tert-OH is 3. The lowest BCUT2D eigenvalue weighted by Crippen LogP contribution is -2.44. The van der Waals surface area contributed by atoms with Gasteiger partial charge in [0.1, 0.15) is 24.1 Å². The molecule has 3 N–H and O–H groups in total. The van der Waals surface area contributed by atoms with Crippen LogP contribution in [-0.4, -0.2) is 52.1 Å². The summed E-state index contributed by atoms with van der Waals surface area (Å²) in [7, 11) is 0. The number of aliphatic hydroxyl groups is 3. The standard InChI is InChI=1S/C16H28O5/c1-3-5-10-7-12(18)11(6-9(10)4-2)16-15(20)14(19)13(8-17)21-16/h9-11,13-17,19-20H,3-8H2,1-2H3/t9-,10-,11-,13?,14?,15?,16?/m1/s1. The topological polar surface area (TPSA) is 87.0 Å². The van der Waals surface area contributed by atoms with Crippen molar-refractivity contribution in [2.24, 2.45) is 17.8 Å². The molecule has 1 saturated carbocycles. The third-order valence-corrected chi connectivity index (χ3v) is 5.26. The smallest absolute Gasteiger partial charge is 0.138 e. The Morgan fingerprint density at radius 2 is 1.90 bits per heavy atom. The second-order valence-electron chi connectivity index (χ2n) is 6.53. The number of ketones is 1. The Labute approximate surface area is 126 Å². The SMILES string of the molecule is CCC[C@@H]1CC(=O)[C@H](C2OC(CO)C(O)C2O)C[C@H]1CC. The summed E-state index contributed by atoms with van der Waals surface area (Å²) in [5.74, 6) is 0.673. The van der Waals surface area contributed by atoms with Crippen molar-refractivity contribution in [1.82, 2.24) is 0 Å². The van der Waals surface area contributed by atoms with Crippen LogP contribution >= 0.6 is 0 Å². The number of ether oxygens (including phenoxy) is 1. The van der Waals surface area contributed by atoms with Crippen LogP contribution in [0.15, 0.2) is 0 Å². The minimum atomic E-state index is -1.11. The van der Waals surface area contributed by atoms with Gasteiger partial charge in [-0.15, -0.1) is 0 Å². The first-order chi connectivity index (χ1) is 10.0. The van der Waals surface area contributed by atoms with Crippen LogP contribution in [0.1, 0.15) is 46.0 Å². The molecule has 1 aliphatic carbocycles. The maximum atomic E-state index is 12.4. The maximum Gasteiger partial charge on any atom is 0.138 e. The van der Waals surface area contributed by atoms with Crippen LogP contribution in [0, 0.1) is 17.8 Å². The molecule has 2 rings (SSSR count). The summed E-state index contributed by atoms with van der Waals surface area (Å²) < 4.78 is 5.56. The molecule has 7 atom stereocenters. The first-order valence-electron chi connectivity index (χ1n) is 8.18. The first-order valence-corrected chi connectivity index (χ1v) is 8.18. The van der Waals surface area contributed by atoms with Gasteiger partial charge in [0.2, 0.25) is 0 Å². The summed E-state index contributed by atoms with van der Waals surface area (Å²) in [6.07, 6.45) is 0.754. The number of carbonyl (C=O) groups excluding carboxylic acids is 1. The van der Waals surface area contributed by atoms with Gasteiger partial charge in [0.05, 0.1) is 12.7 Å². The largest absolute Gasteiger partial charge is 0.394 e. The Hall–Kier alpha value is -0.490. The fourth-order valence-electron chi connectivity index (χ4n) is 4.01. The Kier molecular flexibility index (Phi) is 5.77. The monoisotopic (exact) mass is 300 g/mol. The van der Waals surface area contributed by atoms with Crippen molar-refractivity contribution >= 4 is 5.78 Å². The number of Topliss-reactive ketones (excluding diaryl/α,β-unsaturated/α-hetero) is 1. The minimum Gasteiger partial charge on any atom is -0.394 e. The molecule has 2 fully saturated rings. The summed E-state index contributed by atoms with van der Waals surface area (Å²) in [6, 6.07) is 0. The molecule has 0 amide bonds. The molecule has 1 aliphatic heterocycles. The number of carbonyl (C=O) groups is 1. The maximum absolute atomic E-state index is 12.4. The molecular weight excluding hydrogens is 272 g/mol. The average molecular weight is 300 g/mol. The predicted molar refractivity (Wildman–Crippen MR) is 77.7 cm³/mol. The lowest BCUT2D eigenvalue weighted by molar-refractivity contribution is -0.137. The molecule has 5 heteroatoms. The molecule has 0 bridgehead atoms. The quantitative estimate of drug-likeness (QED) is 0.702. The number of rotatable bonds is 5. The van der Waals surface area contributed by atoms with Gasteiger partial charge in [-0.05, 0) is 18.3 Å². The van der Waals surface area contributed by atoms with E-state index >= 15 is 0 Å². The first kappa shape index (κ1) is 16.9. The molecule has 0 aromatic rings. The van der Waals surface area contributed by atoms with Gasteiger partial charge in [0.15, 0.2) is 0 Å². The van der Waals surface area contributed by atoms with E-state index < -0.39 is 24.4 Å². The molecular formula is C16H28O5. The van der Waals surface area contributed by atoms with Gasteiger partial charge in [0, 0.05) is 12.3 Å². The second-order valence-corrected chi connectivity index (χ2v) is 6.53. The van der Waals surface area contributed by atoms with E-state index in [2.05, 4.69) is 13.8 Å². The summed E-state index contributed by atoms with van der Waals surface area (Å²) >= 11 is 0. The van der Waals surface area contributed by atoms with Crippen molar-refractivity contribution in [2.75, 3.05) is 6.61 Å². The number of hydrogen-bond donors (Lipinski definition) is 3. The Balaban J connectivity index is 2.08. The highest BCUT2D eigenvalue weighted by Gasteiger charge is 2.50. The highest BCUT2D eigenvalue weighted by molar-refractivity contribution is 5.82. The van der Waals surface area contributed by atoms with Crippen LogP contribution < -0.4 is 0 Å². The normalized spacial score (nSPS) is 44.2. The molecule has 122 valence electrons. The van der Waals surface area contributed by atoms with E-state index in [9.17, 15) is 15.0 Å². The third kappa shape index (κ3) is 3.31. The molecule has 1 saturated heterocycles. The van der Waals surface area contributed by atoms with Crippen molar-refractivity contribution in [3.05, 3.63) is 0 Å². The van der Waals surface area contributed by atoms with E-state index in [0.29, 0.717) is 24.7 Å². The molecule has 1 heterocycles. The zero-order valence-corrected chi connectivity index (χ0v) is 12.9. The molecule has 0 spiro atoms. The summed E-state index contributed by atoms with van der Waals surface area (Å²) in [5.41, 5.74) is 0. The fraction of sp³-hybridized carbons (Fsp3) is 0.938. The summed E-state index contributed by atoms with van der Waals surface area (Å²) in [5, 5.41) is 29.1. The Morgan fingerprint density at radius 1 is 1.19 bits per heavy atom. The van der Waals surface area contributed by atoms with Gasteiger partial charge >= 0.3 is 0 Å². The van der Waals surface area contributed by atoms with Gasteiger partial charge in [-0.2, -0.15) is 0 Å². The molecule has 0 radical (unpaired) electrons. The second kappa shape index (κ2) is 7.18. The van der Waals surface area contributed by atoms with Crippen molar-refractivity contribution in [3.63, 3.8) is 0 Å². The third-order valence-electron chi connectivity index (χ3n) is 5.26. The highest BCUT2D eigenvalue weighted by Crippen LogP contribution is 2.41. The van der Waals surface area contributed by atoms with Gasteiger partial charge < -0.3 is 20.1 Å². The molecule has 2 aliphatic rings. The van der Waals surface area contributed by atoms with E-state index in [0.717, 1.165) is 19.3 Å². The molecule has 4 unspecified atom stereocenters. The van der Waals surface area contributed by atoms with Crippen molar-refractivity contribution in [2.45, 2.75) is 70.4 Å². The zero-order chi connectivity index (χ0) is 15.6. The average Bonchev–Trinajstić information content (AvgIpc) is 2.76. The van der Waals surface area contributed by atoms with Gasteiger partial charge in [-0.1, -0.05) is 33.1 Å².